The van der Waals surface area contributed by atoms with Crippen LogP contribution in [-0.2, 0) is 7.05 Å². The van der Waals surface area contributed by atoms with E-state index >= 15 is 0 Å². The van der Waals surface area contributed by atoms with Gasteiger partial charge in [0.05, 0.1) is 6.04 Å². The van der Waals surface area contributed by atoms with Gasteiger partial charge in [-0.05, 0) is 48.8 Å². The summed E-state index contributed by atoms with van der Waals surface area (Å²) in [4.78, 5) is 12.4. The summed E-state index contributed by atoms with van der Waals surface area (Å²) >= 11 is 11.0. The van der Waals surface area contributed by atoms with Crippen LogP contribution >= 0.6 is 23.8 Å². The number of benzene rings is 1. The van der Waals surface area contributed by atoms with E-state index in [4.69, 9.17) is 23.8 Å². The molecule has 0 aliphatic heterocycles. The van der Waals surface area contributed by atoms with Gasteiger partial charge in [0, 0.05) is 17.6 Å². The van der Waals surface area contributed by atoms with Crippen molar-refractivity contribution in [3.05, 3.63) is 45.4 Å². The van der Waals surface area contributed by atoms with E-state index in [-0.39, 0.29) is 11.9 Å². The van der Waals surface area contributed by atoms with Gasteiger partial charge in [0.15, 0.2) is 10.6 Å². The number of carbonyl (C=O) groups excluding carboxylic acids is 1. The molecule has 0 radical (unpaired) electrons. The minimum atomic E-state index is -0.207. The standard InChI is InChI=1S/C15H19ClN4OS/c1-9(2)8-12(13-18-19-15(22)20(13)3)17-14(21)10-4-6-11(16)7-5-10/h4-7,9,12H,8H2,1-3H3,(H,17,21)(H,19,22)/t12-/m1/s1. The quantitative estimate of drug-likeness (QED) is 0.818. The van der Waals surface area contributed by atoms with Crippen molar-refractivity contribution >= 4 is 29.7 Å². The fourth-order valence-corrected chi connectivity index (χ4v) is 2.48. The third-order valence-corrected chi connectivity index (χ3v) is 3.96. The first-order valence-corrected chi connectivity index (χ1v) is 7.84. The van der Waals surface area contributed by atoms with Gasteiger partial charge in [-0.1, -0.05) is 25.4 Å². The highest BCUT2D eigenvalue weighted by Gasteiger charge is 2.21. The molecule has 118 valence electrons. The molecule has 1 atom stereocenters. The molecule has 0 aliphatic rings. The molecule has 1 heterocycles. The summed E-state index contributed by atoms with van der Waals surface area (Å²) in [6.45, 7) is 4.20. The molecule has 1 amide bonds. The van der Waals surface area contributed by atoms with Crippen LogP contribution in [0.25, 0.3) is 0 Å². The van der Waals surface area contributed by atoms with E-state index in [1.54, 1.807) is 28.8 Å². The molecule has 2 N–H and O–H groups in total. The average Bonchev–Trinajstić information content (AvgIpc) is 2.78. The van der Waals surface area contributed by atoms with Crippen molar-refractivity contribution in [2.75, 3.05) is 0 Å². The van der Waals surface area contributed by atoms with Gasteiger partial charge >= 0.3 is 0 Å². The Balaban J connectivity index is 2.23. The Bertz CT molecular complexity index is 705. The Hall–Kier alpha value is -1.66. The number of hydrogen-bond donors (Lipinski definition) is 2. The molecule has 0 saturated heterocycles. The highest BCUT2D eigenvalue weighted by molar-refractivity contribution is 7.71. The topological polar surface area (TPSA) is 62.7 Å². The fraction of sp³-hybridized carbons (Fsp3) is 0.400. The lowest BCUT2D eigenvalue weighted by molar-refractivity contribution is 0.0929. The molecule has 0 bridgehead atoms. The van der Waals surface area contributed by atoms with Gasteiger partial charge in [0.25, 0.3) is 5.91 Å². The third kappa shape index (κ3) is 3.96. The van der Waals surface area contributed by atoms with Crippen LogP contribution < -0.4 is 5.32 Å². The van der Waals surface area contributed by atoms with E-state index in [1.165, 1.54) is 0 Å². The molecule has 22 heavy (non-hydrogen) atoms. The second-order valence-electron chi connectivity index (χ2n) is 5.61. The zero-order valence-electron chi connectivity index (χ0n) is 12.8. The predicted molar refractivity (Wildman–Crippen MR) is 89.5 cm³/mol. The molecule has 2 aromatic rings. The maximum atomic E-state index is 12.4. The van der Waals surface area contributed by atoms with E-state index in [1.807, 2.05) is 7.05 Å². The van der Waals surface area contributed by atoms with Crippen LogP contribution in [0.1, 0.15) is 42.5 Å². The van der Waals surface area contributed by atoms with Crippen LogP contribution in [0, 0.1) is 10.7 Å². The Kier molecular flexibility index (Phi) is 5.37. The van der Waals surface area contributed by atoms with E-state index in [2.05, 4.69) is 29.4 Å². The summed E-state index contributed by atoms with van der Waals surface area (Å²) in [7, 11) is 1.84. The highest BCUT2D eigenvalue weighted by atomic mass is 35.5. The fourth-order valence-electron chi connectivity index (χ4n) is 2.21. The summed E-state index contributed by atoms with van der Waals surface area (Å²) in [6, 6.07) is 6.59. The van der Waals surface area contributed by atoms with Crippen LogP contribution in [0.4, 0.5) is 0 Å². The normalized spacial score (nSPS) is 12.4. The Morgan fingerprint density at radius 2 is 2.05 bits per heavy atom. The zero-order valence-corrected chi connectivity index (χ0v) is 14.3. The second kappa shape index (κ2) is 7.07. The maximum Gasteiger partial charge on any atom is 0.251 e. The number of aromatic nitrogens is 3. The van der Waals surface area contributed by atoms with Crippen LogP contribution in [0.2, 0.25) is 5.02 Å². The van der Waals surface area contributed by atoms with Gasteiger partial charge in [0.2, 0.25) is 0 Å². The number of carbonyl (C=O) groups is 1. The van der Waals surface area contributed by atoms with Gasteiger partial charge in [0.1, 0.15) is 0 Å². The molecule has 0 unspecified atom stereocenters. The van der Waals surface area contributed by atoms with Crippen molar-refractivity contribution < 1.29 is 4.79 Å². The first-order valence-electron chi connectivity index (χ1n) is 7.06. The molecule has 2 rings (SSSR count). The van der Waals surface area contributed by atoms with Gasteiger partial charge in [-0.15, -0.1) is 0 Å². The smallest absolute Gasteiger partial charge is 0.251 e. The van der Waals surface area contributed by atoms with E-state index in [0.29, 0.717) is 21.3 Å². The number of aromatic amines is 1. The number of halogens is 1. The lowest BCUT2D eigenvalue weighted by Gasteiger charge is -2.20. The summed E-state index contributed by atoms with van der Waals surface area (Å²) in [6.07, 6.45) is 0.771. The summed E-state index contributed by atoms with van der Waals surface area (Å²) in [5, 5.41) is 10.6. The maximum absolute atomic E-state index is 12.4. The number of H-pyrrole nitrogens is 1. The Labute approximate surface area is 139 Å². The molecule has 0 aliphatic carbocycles. The molecule has 0 saturated carbocycles. The molecule has 5 nitrogen and oxygen atoms in total. The number of hydrogen-bond acceptors (Lipinski definition) is 3. The minimum absolute atomic E-state index is 0.156. The number of rotatable bonds is 5. The molecule has 0 spiro atoms. The number of amides is 1. The molecule has 0 fully saturated rings. The van der Waals surface area contributed by atoms with Gasteiger partial charge < -0.3 is 9.88 Å². The third-order valence-electron chi connectivity index (χ3n) is 3.34. The van der Waals surface area contributed by atoms with E-state index < -0.39 is 0 Å². The van der Waals surface area contributed by atoms with Crippen molar-refractivity contribution in [2.45, 2.75) is 26.3 Å². The molecule has 1 aromatic heterocycles. The molecule has 7 heteroatoms. The zero-order chi connectivity index (χ0) is 16.3. The summed E-state index contributed by atoms with van der Waals surface area (Å²) < 4.78 is 2.31. The largest absolute Gasteiger partial charge is 0.342 e. The van der Waals surface area contributed by atoms with Gasteiger partial charge in [-0.2, -0.15) is 5.10 Å². The van der Waals surface area contributed by atoms with Crippen molar-refractivity contribution in [3.63, 3.8) is 0 Å². The minimum Gasteiger partial charge on any atom is -0.342 e. The lowest BCUT2D eigenvalue weighted by Crippen LogP contribution is -2.31. The summed E-state index contributed by atoms with van der Waals surface area (Å²) in [5.41, 5.74) is 0.565. The van der Waals surface area contributed by atoms with Crippen molar-refractivity contribution in [3.8, 4) is 0 Å². The second-order valence-corrected chi connectivity index (χ2v) is 6.43. The highest BCUT2D eigenvalue weighted by Crippen LogP contribution is 2.20. The monoisotopic (exact) mass is 338 g/mol. The SMILES string of the molecule is CC(C)C[C@@H](NC(=O)c1ccc(Cl)cc1)c1n[nH]c(=S)n1C. The first kappa shape index (κ1) is 16.7. The number of nitrogens with zero attached hydrogens (tertiary/aromatic N) is 2. The molecule has 1 aromatic carbocycles. The van der Waals surface area contributed by atoms with Gasteiger partial charge in [-0.3, -0.25) is 9.89 Å². The number of nitrogens with one attached hydrogen (secondary N) is 2. The lowest BCUT2D eigenvalue weighted by atomic mass is 10.0. The summed E-state index contributed by atoms with van der Waals surface area (Å²) in [5.74, 6) is 0.970. The first-order chi connectivity index (χ1) is 10.4. The van der Waals surface area contributed by atoms with Crippen molar-refractivity contribution in [1.29, 1.82) is 0 Å². The Morgan fingerprint density at radius 1 is 1.41 bits per heavy atom. The van der Waals surface area contributed by atoms with Gasteiger partial charge in [-0.25, -0.2) is 0 Å². The van der Waals surface area contributed by atoms with Crippen molar-refractivity contribution in [1.82, 2.24) is 20.1 Å². The average molecular weight is 339 g/mol. The van der Waals surface area contributed by atoms with E-state index in [0.717, 1.165) is 12.2 Å². The van der Waals surface area contributed by atoms with Crippen LogP contribution in [0.15, 0.2) is 24.3 Å². The molecular weight excluding hydrogens is 320 g/mol. The molecular formula is C15H19ClN4OS. The predicted octanol–water partition coefficient (Wildman–Crippen LogP) is 3.65. The van der Waals surface area contributed by atoms with Crippen LogP contribution in [0.5, 0.6) is 0 Å². The van der Waals surface area contributed by atoms with Crippen molar-refractivity contribution in [2.24, 2.45) is 13.0 Å². The van der Waals surface area contributed by atoms with Crippen LogP contribution in [-0.4, -0.2) is 20.7 Å². The van der Waals surface area contributed by atoms with E-state index in [9.17, 15) is 4.79 Å². The van der Waals surface area contributed by atoms with Crippen LogP contribution in [0.3, 0.4) is 0 Å². The Morgan fingerprint density at radius 3 is 2.55 bits per heavy atom.